The minimum absolute atomic E-state index is 0.0244. The van der Waals surface area contributed by atoms with Gasteiger partial charge in [-0.05, 0) is 23.6 Å². The van der Waals surface area contributed by atoms with Crippen LogP contribution in [0.25, 0.3) is 6.08 Å². The van der Waals surface area contributed by atoms with Gasteiger partial charge in [-0.3, -0.25) is 0 Å². The molecule has 0 radical (unpaired) electrons. The quantitative estimate of drug-likeness (QED) is 0.690. The maximum absolute atomic E-state index is 12.6. The second-order valence-corrected chi connectivity index (χ2v) is 4.11. The minimum atomic E-state index is -2.46. The molecular weight excluding hydrogens is 218 g/mol. The first kappa shape index (κ1) is 12.2. The molecule has 0 amide bonds. The fourth-order valence-electron chi connectivity index (χ4n) is 1.18. The summed E-state index contributed by atoms with van der Waals surface area (Å²) in [5.74, 6) is 0.328. The number of hydrogen-bond acceptors (Lipinski definition) is 0. The van der Waals surface area contributed by atoms with Crippen molar-refractivity contribution in [2.75, 3.05) is 0 Å². The summed E-state index contributed by atoms with van der Waals surface area (Å²) in [6.07, 6.45) is 1.10. The van der Waals surface area contributed by atoms with Gasteiger partial charge in [0.05, 0.1) is 0 Å². The van der Waals surface area contributed by atoms with Crippen LogP contribution >= 0.6 is 11.6 Å². The van der Waals surface area contributed by atoms with Crippen LogP contribution < -0.4 is 0 Å². The second-order valence-electron chi connectivity index (χ2n) is 3.68. The molecule has 0 aliphatic heterocycles. The monoisotopic (exact) mass is 230 g/mol. The Hall–Kier alpha value is -0.890. The lowest BCUT2D eigenvalue weighted by Crippen LogP contribution is -1.89. The third-order valence-corrected chi connectivity index (χ3v) is 2.18. The van der Waals surface area contributed by atoms with E-state index in [9.17, 15) is 8.78 Å². The van der Waals surface area contributed by atoms with Gasteiger partial charge in [0, 0.05) is 10.6 Å². The Morgan fingerprint density at radius 1 is 1.27 bits per heavy atom. The van der Waals surface area contributed by atoms with E-state index in [1.165, 1.54) is 12.1 Å². The van der Waals surface area contributed by atoms with E-state index in [0.717, 1.165) is 0 Å². The number of alkyl halides is 2. The first-order valence-electron chi connectivity index (χ1n) is 4.76. The third kappa shape index (κ3) is 3.63. The molecule has 0 atom stereocenters. The van der Waals surface area contributed by atoms with Gasteiger partial charge in [0.1, 0.15) is 0 Å². The first-order valence-corrected chi connectivity index (χ1v) is 5.14. The van der Waals surface area contributed by atoms with Gasteiger partial charge >= 0.3 is 0 Å². The number of allylic oxidation sites excluding steroid dienone is 1. The highest BCUT2D eigenvalue weighted by Gasteiger charge is 2.11. The van der Waals surface area contributed by atoms with Crippen LogP contribution in [-0.2, 0) is 0 Å². The van der Waals surface area contributed by atoms with Crippen molar-refractivity contribution in [3.63, 3.8) is 0 Å². The molecule has 1 aromatic rings. The smallest absolute Gasteiger partial charge is 0.205 e. The highest BCUT2D eigenvalue weighted by molar-refractivity contribution is 6.30. The van der Waals surface area contributed by atoms with Crippen LogP contribution in [0.5, 0.6) is 0 Å². The van der Waals surface area contributed by atoms with E-state index in [4.69, 9.17) is 11.6 Å². The van der Waals surface area contributed by atoms with E-state index in [2.05, 4.69) is 0 Å². The molecular formula is C12H13ClF2. The van der Waals surface area contributed by atoms with Crippen LogP contribution in [0.4, 0.5) is 8.78 Å². The Morgan fingerprint density at radius 3 is 2.47 bits per heavy atom. The van der Waals surface area contributed by atoms with E-state index in [1.807, 2.05) is 19.9 Å². The predicted molar refractivity (Wildman–Crippen MR) is 60.3 cm³/mol. The summed E-state index contributed by atoms with van der Waals surface area (Å²) in [5, 5.41) is 0.475. The molecule has 82 valence electrons. The van der Waals surface area contributed by atoms with Gasteiger partial charge in [0.25, 0.3) is 6.43 Å². The Labute approximate surface area is 93.6 Å². The molecule has 0 N–H and O–H groups in total. The molecule has 0 nitrogen and oxygen atoms in total. The van der Waals surface area contributed by atoms with Crippen molar-refractivity contribution >= 4 is 17.7 Å². The van der Waals surface area contributed by atoms with Gasteiger partial charge in [-0.15, -0.1) is 0 Å². The van der Waals surface area contributed by atoms with E-state index in [0.29, 0.717) is 16.5 Å². The minimum Gasteiger partial charge on any atom is -0.205 e. The van der Waals surface area contributed by atoms with Crippen molar-refractivity contribution in [2.24, 2.45) is 5.92 Å². The van der Waals surface area contributed by atoms with E-state index in [-0.39, 0.29) is 5.56 Å². The van der Waals surface area contributed by atoms with E-state index < -0.39 is 6.43 Å². The molecule has 0 heterocycles. The fraction of sp³-hybridized carbons (Fsp3) is 0.333. The molecule has 0 aromatic heterocycles. The normalized spacial score (nSPS) is 11.9. The lowest BCUT2D eigenvalue weighted by Gasteiger charge is -2.05. The number of rotatable bonds is 3. The molecule has 0 unspecified atom stereocenters. The molecule has 0 spiro atoms. The average molecular weight is 231 g/mol. The van der Waals surface area contributed by atoms with E-state index in [1.54, 1.807) is 12.1 Å². The summed E-state index contributed by atoms with van der Waals surface area (Å²) in [5.41, 5.74) is 0.516. The maximum Gasteiger partial charge on any atom is 0.264 e. The summed E-state index contributed by atoms with van der Waals surface area (Å²) in [6.45, 7) is 3.98. The molecule has 0 aliphatic carbocycles. The highest BCUT2D eigenvalue weighted by Crippen LogP contribution is 2.26. The summed E-state index contributed by atoms with van der Waals surface area (Å²) < 4.78 is 25.2. The molecule has 0 bridgehead atoms. The molecule has 0 saturated heterocycles. The number of halogens is 3. The largest absolute Gasteiger partial charge is 0.264 e. The molecule has 0 fully saturated rings. The van der Waals surface area contributed by atoms with Gasteiger partial charge in [0.2, 0.25) is 0 Å². The Kier molecular flexibility index (Phi) is 4.28. The van der Waals surface area contributed by atoms with Crippen molar-refractivity contribution in [1.29, 1.82) is 0 Å². The summed E-state index contributed by atoms with van der Waals surface area (Å²) in [4.78, 5) is 0. The zero-order valence-corrected chi connectivity index (χ0v) is 9.43. The maximum atomic E-state index is 12.6. The van der Waals surface area contributed by atoms with Crippen molar-refractivity contribution in [1.82, 2.24) is 0 Å². The Balaban J connectivity index is 3.07. The zero-order valence-electron chi connectivity index (χ0n) is 8.68. The molecule has 1 aromatic carbocycles. The topological polar surface area (TPSA) is 0 Å². The van der Waals surface area contributed by atoms with Gasteiger partial charge < -0.3 is 0 Å². The van der Waals surface area contributed by atoms with Crippen LogP contribution in [-0.4, -0.2) is 0 Å². The van der Waals surface area contributed by atoms with Gasteiger partial charge in [0.15, 0.2) is 0 Å². The first-order chi connectivity index (χ1) is 7.00. The lowest BCUT2D eigenvalue weighted by molar-refractivity contribution is 0.151. The number of hydrogen-bond donors (Lipinski definition) is 0. The third-order valence-electron chi connectivity index (χ3n) is 1.94. The van der Waals surface area contributed by atoms with Crippen LogP contribution in [0.3, 0.4) is 0 Å². The predicted octanol–water partition coefficient (Wildman–Crippen LogP) is 4.95. The standard InChI is InChI=1S/C12H13ClF2/c1-8(2)3-4-9-7-10(13)5-6-11(9)12(14)15/h3-8,12H,1-2H3/b4-3+. The van der Waals surface area contributed by atoms with Crippen molar-refractivity contribution < 1.29 is 8.78 Å². The zero-order chi connectivity index (χ0) is 11.4. The SMILES string of the molecule is CC(C)/C=C/c1cc(Cl)ccc1C(F)F. The van der Waals surface area contributed by atoms with Crippen molar-refractivity contribution in [2.45, 2.75) is 20.3 Å². The van der Waals surface area contributed by atoms with Gasteiger partial charge in [-0.2, -0.15) is 0 Å². The van der Waals surface area contributed by atoms with Crippen molar-refractivity contribution in [3.8, 4) is 0 Å². The molecule has 0 saturated carbocycles. The Bertz CT molecular complexity index is 357. The average Bonchev–Trinajstić information content (AvgIpc) is 2.14. The molecule has 0 aliphatic rings. The molecule has 1 rings (SSSR count). The number of benzene rings is 1. The summed E-state index contributed by atoms with van der Waals surface area (Å²) >= 11 is 5.76. The fourth-order valence-corrected chi connectivity index (χ4v) is 1.37. The highest BCUT2D eigenvalue weighted by atomic mass is 35.5. The van der Waals surface area contributed by atoms with Crippen LogP contribution in [0.15, 0.2) is 24.3 Å². The van der Waals surface area contributed by atoms with Crippen LogP contribution in [0.1, 0.15) is 31.4 Å². The van der Waals surface area contributed by atoms with Crippen LogP contribution in [0, 0.1) is 5.92 Å². The Morgan fingerprint density at radius 2 is 1.93 bits per heavy atom. The van der Waals surface area contributed by atoms with Gasteiger partial charge in [-0.25, -0.2) is 8.78 Å². The van der Waals surface area contributed by atoms with Crippen LogP contribution in [0.2, 0.25) is 5.02 Å². The van der Waals surface area contributed by atoms with E-state index >= 15 is 0 Å². The molecule has 3 heteroatoms. The summed E-state index contributed by atoms with van der Waals surface area (Å²) in [7, 11) is 0. The lowest BCUT2D eigenvalue weighted by atomic mass is 10.1. The van der Waals surface area contributed by atoms with Crippen molar-refractivity contribution in [3.05, 3.63) is 40.4 Å². The second kappa shape index (κ2) is 5.26. The summed E-state index contributed by atoms with van der Waals surface area (Å²) in [6, 6.07) is 4.41. The van der Waals surface area contributed by atoms with Gasteiger partial charge in [-0.1, -0.05) is 43.7 Å². The molecule has 15 heavy (non-hydrogen) atoms.